The highest BCUT2D eigenvalue weighted by molar-refractivity contribution is 5.81. The number of amides is 1. The summed E-state index contributed by atoms with van der Waals surface area (Å²) in [6, 6.07) is 7.14. The third-order valence-corrected chi connectivity index (χ3v) is 3.17. The van der Waals surface area contributed by atoms with Gasteiger partial charge in [-0.3, -0.25) is 4.79 Å². The molecule has 20 heavy (non-hydrogen) atoms. The van der Waals surface area contributed by atoms with Crippen molar-refractivity contribution in [2.24, 2.45) is 0 Å². The number of carbonyl (C=O) groups is 1. The van der Waals surface area contributed by atoms with Crippen molar-refractivity contribution >= 4 is 5.91 Å². The summed E-state index contributed by atoms with van der Waals surface area (Å²) in [5, 5.41) is 15.8. The first-order valence-corrected chi connectivity index (χ1v) is 6.62. The maximum absolute atomic E-state index is 11.8. The fourth-order valence-corrected chi connectivity index (χ4v) is 2.01. The second kappa shape index (κ2) is 7.23. The van der Waals surface area contributed by atoms with Gasteiger partial charge in [-0.05, 0) is 17.7 Å². The van der Waals surface area contributed by atoms with Gasteiger partial charge in [0.25, 0.3) is 5.91 Å². The van der Waals surface area contributed by atoms with Gasteiger partial charge in [-0.15, -0.1) is 0 Å². The highest BCUT2D eigenvalue weighted by atomic mass is 16.5. The van der Waals surface area contributed by atoms with Crippen molar-refractivity contribution in [1.29, 1.82) is 0 Å². The number of hydrogen-bond acceptors (Lipinski definition) is 5. The Morgan fingerprint density at radius 2 is 2.50 bits per heavy atom. The number of nitrogens with one attached hydrogen (secondary N) is 2. The predicted molar refractivity (Wildman–Crippen MR) is 73.6 cm³/mol. The topological polar surface area (TPSA) is 79.8 Å². The molecule has 2 atom stereocenters. The summed E-state index contributed by atoms with van der Waals surface area (Å²) in [4.78, 5) is 11.8. The molecule has 1 aromatic rings. The SMILES string of the molecule is COc1cccc([C@H](O)CNC(=O)[C@H]2CNCCO2)c1. The molecule has 0 radical (unpaired) electrons. The molecule has 0 aliphatic carbocycles. The van der Waals surface area contributed by atoms with Crippen molar-refractivity contribution in [3.05, 3.63) is 29.8 Å². The molecule has 110 valence electrons. The van der Waals surface area contributed by atoms with E-state index in [-0.39, 0.29) is 12.5 Å². The van der Waals surface area contributed by atoms with Crippen LogP contribution < -0.4 is 15.4 Å². The summed E-state index contributed by atoms with van der Waals surface area (Å²) in [5.74, 6) is 0.465. The first-order valence-electron chi connectivity index (χ1n) is 6.62. The van der Waals surface area contributed by atoms with Crippen LogP contribution in [0, 0.1) is 0 Å². The molecule has 1 fully saturated rings. The van der Waals surface area contributed by atoms with Gasteiger partial charge in [-0.25, -0.2) is 0 Å². The molecule has 0 aromatic heterocycles. The standard InChI is InChI=1S/C14H20N2O4/c1-19-11-4-2-3-10(7-11)12(17)8-16-14(18)13-9-15-5-6-20-13/h2-4,7,12-13,15,17H,5-6,8-9H2,1H3,(H,16,18)/t12-,13-/m1/s1. The zero-order chi connectivity index (χ0) is 14.4. The Kier molecular flexibility index (Phi) is 5.34. The Bertz CT molecular complexity index is 447. The number of ether oxygens (including phenoxy) is 2. The first kappa shape index (κ1) is 14.8. The molecular formula is C14H20N2O4. The van der Waals surface area contributed by atoms with E-state index in [0.29, 0.717) is 24.5 Å². The van der Waals surface area contributed by atoms with Gasteiger partial charge in [0.1, 0.15) is 11.9 Å². The Morgan fingerprint density at radius 3 is 3.20 bits per heavy atom. The summed E-state index contributed by atoms with van der Waals surface area (Å²) in [7, 11) is 1.57. The van der Waals surface area contributed by atoms with E-state index in [4.69, 9.17) is 9.47 Å². The predicted octanol–water partition coefficient (Wildman–Crippen LogP) is -0.167. The van der Waals surface area contributed by atoms with E-state index in [1.807, 2.05) is 0 Å². The average molecular weight is 280 g/mol. The van der Waals surface area contributed by atoms with E-state index in [1.54, 1.807) is 31.4 Å². The van der Waals surface area contributed by atoms with Crippen molar-refractivity contribution in [3.8, 4) is 5.75 Å². The van der Waals surface area contributed by atoms with Crippen LogP contribution in [-0.4, -0.2) is 50.5 Å². The van der Waals surface area contributed by atoms with Gasteiger partial charge in [-0.2, -0.15) is 0 Å². The minimum absolute atomic E-state index is 0.145. The molecule has 3 N–H and O–H groups in total. The smallest absolute Gasteiger partial charge is 0.250 e. The lowest BCUT2D eigenvalue weighted by atomic mass is 10.1. The maximum Gasteiger partial charge on any atom is 0.250 e. The lowest BCUT2D eigenvalue weighted by molar-refractivity contribution is -0.134. The third kappa shape index (κ3) is 3.93. The second-order valence-corrected chi connectivity index (χ2v) is 4.60. The number of methoxy groups -OCH3 is 1. The van der Waals surface area contributed by atoms with E-state index in [2.05, 4.69) is 10.6 Å². The van der Waals surface area contributed by atoms with Crippen molar-refractivity contribution in [2.75, 3.05) is 33.4 Å². The molecule has 0 saturated carbocycles. The number of benzene rings is 1. The highest BCUT2D eigenvalue weighted by Crippen LogP contribution is 2.18. The van der Waals surface area contributed by atoms with E-state index in [1.165, 1.54) is 0 Å². The number of aliphatic hydroxyl groups is 1. The van der Waals surface area contributed by atoms with Crippen molar-refractivity contribution in [2.45, 2.75) is 12.2 Å². The number of aliphatic hydroxyl groups excluding tert-OH is 1. The summed E-state index contributed by atoms with van der Waals surface area (Å²) >= 11 is 0. The molecule has 0 bridgehead atoms. The molecule has 1 saturated heterocycles. The lowest BCUT2D eigenvalue weighted by Gasteiger charge is -2.23. The van der Waals surface area contributed by atoms with Gasteiger partial charge >= 0.3 is 0 Å². The monoisotopic (exact) mass is 280 g/mol. The molecule has 1 aliphatic heterocycles. The number of carbonyl (C=O) groups excluding carboxylic acids is 1. The highest BCUT2D eigenvalue weighted by Gasteiger charge is 2.22. The number of morpholine rings is 1. The maximum atomic E-state index is 11.8. The van der Waals surface area contributed by atoms with Crippen LogP contribution in [0.3, 0.4) is 0 Å². The van der Waals surface area contributed by atoms with Gasteiger partial charge in [-0.1, -0.05) is 12.1 Å². The molecule has 0 spiro atoms. The fourth-order valence-electron chi connectivity index (χ4n) is 2.01. The van der Waals surface area contributed by atoms with Crippen LogP contribution >= 0.6 is 0 Å². The summed E-state index contributed by atoms with van der Waals surface area (Å²) in [5.41, 5.74) is 0.701. The van der Waals surface area contributed by atoms with Crippen LogP contribution in [0.2, 0.25) is 0 Å². The fraction of sp³-hybridized carbons (Fsp3) is 0.500. The van der Waals surface area contributed by atoms with Crippen LogP contribution in [0.5, 0.6) is 5.75 Å². The van der Waals surface area contributed by atoms with Crippen LogP contribution in [0.4, 0.5) is 0 Å². The summed E-state index contributed by atoms with van der Waals surface area (Å²) < 4.78 is 10.4. The van der Waals surface area contributed by atoms with Gasteiger partial charge in [0.15, 0.2) is 0 Å². The Balaban J connectivity index is 1.84. The van der Waals surface area contributed by atoms with Crippen LogP contribution in [0.15, 0.2) is 24.3 Å². The normalized spacial score (nSPS) is 20.2. The molecule has 0 unspecified atom stereocenters. The van der Waals surface area contributed by atoms with Crippen LogP contribution in [-0.2, 0) is 9.53 Å². The largest absolute Gasteiger partial charge is 0.497 e. The van der Waals surface area contributed by atoms with E-state index in [9.17, 15) is 9.90 Å². The molecule has 6 nitrogen and oxygen atoms in total. The quantitative estimate of drug-likeness (QED) is 0.698. The summed E-state index contributed by atoms with van der Waals surface area (Å²) in [6.45, 7) is 1.93. The summed E-state index contributed by atoms with van der Waals surface area (Å²) in [6.07, 6.45) is -1.26. The molecule has 6 heteroatoms. The minimum atomic E-state index is -0.773. The molecule has 1 aromatic carbocycles. The zero-order valence-corrected chi connectivity index (χ0v) is 11.5. The molecule has 1 amide bonds. The zero-order valence-electron chi connectivity index (χ0n) is 11.5. The van der Waals surface area contributed by atoms with Gasteiger partial charge in [0, 0.05) is 19.6 Å². The Labute approximate surface area is 118 Å². The van der Waals surface area contributed by atoms with E-state index < -0.39 is 12.2 Å². The van der Waals surface area contributed by atoms with Gasteiger partial charge in [0.05, 0.1) is 19.8 Å². The Hall–Kier alpha value is -1.63. The van der Waals surface area contributed by atoms with Crippen LogP contribution in [0.1, 0.15) is 11.7 Å². The molecule has 1 aliphatic rings. The number of hydrogen-bond donors (Lipinski definition) is 3. The Morgan fingerprint density at radius 1 is 1.65 bits per heavy atom. The van der Waals surface area contributed by atoms with E-state index >= 15 is 0 Å². The van der Waals surface area contributed by atoms with Crippen molar-refractivity contribution < 1.29 is 19.4 Å². The lowest BCUT2D eigenvalue weighted by Crippen LogP contribution is -2.48. The molecule has 1 heterocycles. The number of rotatable bonds is 5. The van der Waals surface area contributed by atoms with Gasteiger partial charge < -0.3 is 25.2 Å². The minimum Gasteiger partial charge on any atom is -0.497 e. The third-order valence-electron chi connectivity index (χ3n) is 3.17. The molecular weight excluding hydrogens is 260 g/mol. The van der Waals surface area contributed by atoms with Crippen molar-refractivity contribution in [1.82, 2.24) is 10.6 Å². The van der Waals surface area contributed by atoms with Crippen molar-refractivity contribution in [3.63, 3.8) is 0 Å². The van der Waals surface area contributed by atoms with Gasteiger partial charge in [0.2, 0.25) is 0 Å². The first-order chi connectivity index (χ1) is 9.70. The van der Waals surface area contributed by atoms with Crippen LogP contribution in [0.25, 0.3) is 0 Å². The molecule has 2 rings (SSSR count). The second-order valence-electron chi connectivity index (χ2n) is 4.60. The van der Waals surface area contributed by atoms with E-state index in [0.717, 1.165) is 6.54 Å². The average Bonchev–Trinajstić information content (AvgIpc) is 2.53.